The van der Waals surface area contributed by atoms with Crippen molar-refractivity contribution in [1.29, 1.82) is 0 Å². The fourth-order valence-corrected chi connectivity index (χ4v) is 5.09. The van der Waals surface area contributed by atoms with Gasteiger partial charge in [0.1, 0.15) is 12.4 Å². The highest BCUT2D eigenvalue weighted by atomic mass is 32.2. The Labute approximate surface area is 207 Å². The molecule has 0 radical (unpaired) electrons. The molecule has 0 bridgehead atoms. The topological polar surface area (TPSA) is 71.4 Å². The molecular weight excluding hydrogens is 465 g/mol. The van der Waals surface area contributed by atoms with Crippen LogP contribution in [0, 0.1) is 26.6 Å². The van der Waals surface area contributed by atoms with Gasteiger partial charge in [-0.1, -0.05) is 25.1 Å². The van der Waals surface area contributed by atoms with Crippen LogP contribution in [-0.4, -0.2) is 33.1 Å². The second kappa shape index (κ2) is 9.92. The van der Waals surface area contributed by atoms with Crippen molar-refractivity contribution in [1.82, 2.24) is 9.47 Å². The molecule has 3 aromatic rings. The number of carbonyl (C=O) groups excluding carboxylic acids is 3. The van der Waals surface area contributed by atoms with E-state index in [0.29, 0.717) is 5.69 Å². The lowest BCUT2D eigenvalue weighted by molar-refractivity contribution is -0.127. The monoisotopic (exact) mass is 491 g/mol. The number of rotatable bonds is 6. The smallest absolute Gasteiger partial charge is 0.294 e. The minimum atomic E-state index is -0.537. The summed E-state index contributed by atoms with van der Waals surface area (Å²) in [6, 6.07) is 13.5. The Kier molecular flexibility index (Phi) is 6.93. The molecule has 0 aliphatic carbocycles. The third-order valence-electron chi connectivity index (χ3n) is 5.99. The van der Waals surface area contributed by atoms with E-state index in [-0.39, 0.29) is 4.91 Å². The van der Waals surface area contributed by atoms with Crippen LogP contribution in [0.25, 0.3) is 11.8 Å². The van der Waals surface area contributed by atoms with Crippen molar-refractivity contribution < 1.29 is 18.8 Å². The van der Waals surface area contributed by atoms with E-state index in [2.05, 4.69) is 41.9 Å². The van der Waals surface area contributed by atoms with Gasteiger partial charge in [0, 0.05) is 17.1 Å². The van der Waals surface area contributed by atoms with Gasteiger partial charge in [-0.25, -0.2) is 4.39 Å². The minimum Gasteiger partial charge on any atom is -0.325 e. The van der Waals surface area contributed by atoms with Gasteiger partial charge in [0.2, 0.25) is 5.91 Å². The van der Waals surface area contributed by atoms with Crippen LogP contribution in [0.3, 0.4) is 0 Å². The van der Waals surface area contributed by atoms with E-state index in [1.165, 1.54) is 29.8 Å². The van der Waals surface area contributed by atoms with Crippen LogP contribution in [0.4, 0.5) is 14.9 Å². The first-order chi connectivity index (χ1) is 16.7. The normalized spacial score (nSPS) is 14.8. The average Bonchev–Trinajstić information content (AvgIpc) is 3.24. The highest BCUT2D eigenvalue weighted by Gasteiger charge is 2.36. The van der Waals surface area contributed by atoms with Gasteiger partial charge in [-0.3, -0.25) is 19.3 Å². The lowest BCUT2D eigenvalue weighted by Gasteiger charge is -2.17. The van der Waals surface area contributed by atoms with Gasteiger partial charge in [0.25, 0.3) is 11.1 Å². The standard InChI is InChI=1S/C27H26FN3O3S/c1-5-19-8-6-7-16(2)25(19)31-17(3)13-20(18(31)4)14-23-26(33)30(27(34)35-23)15-24(32)29-22-11-9-21(28)10-12-22/h6-14H,5,15H2,1-4H3,(H,29,32)/b23-14-. The van der Waals surface area contributed by atoms with Gasteiger partial charge < -0.3 is 9.88 Å². The minimum absolute atomic E-state index is 0.269. The highest BCUT2D eigenvalue weighted by Crippen LogP contribution is 2.34. The van der Waals surface area contributed by atoms with E-state index in [0.717, 1.165) is 51.3 Å². The summed E-state index contributed by atoms with van der Waals surface area (Å²) < 4.78 is 15.2. The maximum absolute atomic E-state index is 13.1. The first-order valence-corrected chi connectivity index (χ1v) is 12.1. The van der Waals surface area contributed by atoms with Gasteiger partial charge in [-0.2, -0.15) is 0 Å². The Morgan fingerprint density at radius 2 is 1.80 bits per heavy atom. The Morgan fingerprint density at radius 3 is 2.49 bits per heavy atom. The molecule has 1 aromatic heterocycles. The van der Waals surface area contributed by atoms with Gasteiger partial charge >= 0.3 is 0 Å². The van der Waals surface area contributed by atoms with E-state index in [9.17, 15) is 18.8 Å². The number of thioether (sulfide) groups is 1. The molecule has 1 fully saturated rings. The SMILES string of the molecule is CCc1cccc(C)c1-n1c(C)cc(/C=C2\SC(=O)N(CC(=O)Nc3ccc(F)cc3)C2=O)c1C. The second-order valence-corrected chi connectivity index (χ2v) is 9.41. The first-order valence-electron chi connectivity index (χ1n) is 11.3. The van der Waals surface area contributed by atoms with Crippen LogP contribution >= 0.6 is 11.8 Å². The Balaban J connectivity index is 1.57. The predicted octanol–water partition coefficient (Wildman–Crippen LogP) is 5.78. The zero-order valence-electron chi connectivity index (χ0n) is 20.0. The molecule has 2 aromatic carbocycles. The van der Waals surface area contributed by atoms with Crippen LogP contribution in [-0.2, 0) is 16.0 Å². The van der Waals surface area contributed by atoms with Gasteiger partial charge in [0.05, 0.1) is 10.6 Å². The predicted molar refractivity (Wildman–Crippen MR) is 137 cm³/mol. The van der Waals surface area contributed by atoms with E-state index in [1.54, 1.807) is 6.08 Å². The molecule has 6 nitrogen and oxygen atoms in total. The fourth-order valence-electron chi connectivity index (χ4n) is 4.26. The van der Waals surface area contributed by atoms with Crippen LogP contribution < -0.4 is 5.32 Å². The number of halogens is 1. The van der Waals surface area contributed by atoms with Crippen molar-refractivity contribution in [2.75, 3.05) is 11.9 Å². The summed E-state index contributed by atoms with van der Waals surface area (Å²) in [5.41, 5.74) is 6.73. The second-order valence-electron chi connectivity index (χ2n) is 8.42. The maximum atomic E-state index is 13.1. The molecule has 2 heterocycles. The van der Waals surface area contributed by atoms with Crippen molar-refractivity contribution >= 4 is 40.6 Å². The number of hydrogen-bond donors (Lipinski definition) is 1. The van der Waals surface area contributed by atoms with Crippen molar-refractivity contribution in [3.8, 4) is 5.69 Å². The molecule has 180 valence electrons. The molecule has 0 unspecified atom stereocenters. The number of anilines is 1. The molecule has 0 saturated carbocycles. The number of nitrogens with zero attached hydrogens (tertiary/aromatic N) is 2. The molecule has 1 aliphatic rings. The van der Waals surface area contributed by atoms with Crippen LogP contribution in [0.1, 0.15) is 35.0 Å². The Bertz CT molecular complexity index is 1360. The maximum Gasteiger partial charge on any atom is 0.294 e. The van der Waals surface area contributed by atoms with Crippen molar-refractivity contribution in [3.63, 3.8) is 0 Å². The van der Waals surface area contributed by atoms with E-state index in [1.807, 2.05) is 19.9 Å². The van der Waals surface area contributed by atoms with Crippen LogP contribution in [0.5, 0.6) is 0 Å². The van der Waals surface area contributed by atoms with E-state index < -0.39 is 29.4 Å². The van der Waals surface area contributed by atoms with Crippen molar-refractivity contribution in [2.24, 2.45) is 0 Å². The fraction of sp³-hybridized carbons (Fsp3) is 0.222. The molecule has 1 saturated heterocycles. The number of aryl methyl sites for hydroxylation is 3. The van der Waals surface area contributed by atoms with Gasteiger partial charge in [-0.15, -0.1) is 0 Å². The number of aromatic nitrogens is 1. The Morgan fingerprint density at radius 1 is 1.09 bits per heavy atom. The summed E-state index contributed by atoms with van der Waals surface area (Å²) in [6.45, 7) is 7.79. The quantitative estimate of drug-likeness (QED) is 0.444. The van der Waals surface area contributed by atoms with E-state index in [4.69, 9.17) is 0 Å². The zero-order chi connectivity index (χ0) is 25.3. The summed E-state index contributed by atoms with van der Waals surface area (Å²) in [5, 5.41) is 2.07. The largest absolute Gasteiger partial charge is 0.325 e. The number of amides is 3. The summed E-state index contributed by atoms with van der Waals surface area (Å²) in [4.78, 5) is 39.0. The molecule has 35 heavy (non-hydrogen) atoms. The number of imide groups is 1. The molecular formula is C27H26FN3O3S. The lowest BCUT2D eigenvalue weighted by Crippen LogP contribution is -2.36. The molecule has 1 N–H and O–H groups in total. The molecule has 0 spiro atoms. The summed E-state index contributed by atoms with van der Waals surface area (Å²) in [7, 11) is 0. The summed E-state index contributed by atoms with van der Waals surface area (Å²) in [5.74, 6) is -1.47. The lowest BCUT2D eigenvalue weighted by atomic mass is 10.1. The third kappa shape index (κ3) is 4.93. The zero-order valence-corrected chi connectivity index (χ0v) is 20.8. The average molecular weight is 492 g/mol. The number of nitrogens with one attached hydrogen (secondary N) is 1. The highest BCUT2D eigenvalue weighted by molar-refractivity contribution is 8.18. The number of benzene rings is 2. The van der Waals surface area contributed by atoms with Crippen molar-refractivity contribution in [2.45, 2.75) is 34.1 Å². The number of carbonyl (C=O) groups is 3. The van der Waals surface area contributed by atoms with Crippen LogP contribution in [0.2, 0.25) is 0 Å². The Hall–Kier alpha value is -3.65. The van der Waals surface area contributed by atoms with Gasteiger partial charge in [-0.05, 0) is 92.1 Å². The molecule has 1 aliphatic heterocycles. The number of hydrogen-bond acceptors (Lipinski definition) is 4. The molecule has 3 amide bonds. The van der Waals surface area contributed by atoms with Crippen molar-refractivity contribution in [3.05, 3.63) is 87.3 Å². The van der Waals surface area contributed by atoms with E-state index >= 15 is 0 Å². The number of para-hydroxylation sites is 1. The summed E-state index contributed by atoms with van der Waals surface area (Å²) in [6.07, 6.45) is 2.60. The first kappa shape index (κ1) is 24.5. The molecule has 8 heteroatoms. The third-order valence-corrected chi connectivity index (χ3v) is 6.89. The van der Waals surface area contributed by atoms with Crippen LogP contribution in [0.15, 0.2) is 53.4 Å². The molecule has 4 rings (SSSR count). The molecule has 0 atom stereocenters. The summed E-state index contributed by atoms with van der Waals surface area (Å²) >= 11 is 0.817. The van der Waals surface area contributed by atoms with Gasteiger partial charge in [0.15, 0.2) is 0 Å².